The van der Waals surface area contributed by atoms with E-state index in [-0.39, 0.29) is 24.5 Å². The molecule has 0 bridgehead atoms. The van der Waals surface area contributed by atoms with Gasteiger partial charge >= 0.3 is 6.72 Å². The van der Waals surface area contributed by atoms with Crippen molar-refractivity contribution in [3.63, 3.8) is 0 Å². The van der Waals surface area contributed by atoms with Crippen molar-refractivity contribution >= 4 is 29.6 Å². The van der Waals surface area contributed by atoms with Crippen LogP contribution in [0.1, 0.15) is 19.1 Å². The van der Waals surface area contributed by atoms with Gasteiger partial charge in [-0.15, -0.1) is 0 Å². The third kappa shape index (κ3) is 3.20. The zero-order valence-corrected chi connectivity index (χ0v) is 12.5. The number of aromatic amines is 1. The van der Waals surface area contributed by atoms with Crippen molar-refractivity contribution in [1.82, 2.24) is 19.7 Å². The maximum atomic E-state index is 11.6. The number of aromatic nitrogens is 4. The Bertz CT molecular complexity index is 755. The molecule has 1 aliphatic rings. The smallest absolute Gasteiger partial charge is 0.321 e. The Labute approximate surface area is 123 Å². The van der Waals surface area contributed by atoms with Crippen LogP contribution >= 0.6 is 6.72 Å². The van der Waals surface area contributed by atoms with Crippen LogP contribution < -0.4 is 5.56 Å². The zero-order valence-electron chi connectivity index (χ0n) is 10.7. The quantitative estimate of drug-likeness (QED) is 0.670. The molecule has 3 rings (SSSR count). The molecule has 2 atom stereocenters. The molecule has 2 aromatic heterocycles. The molecule has 2 unspecified atom stereocenters. The van der Waals surface area contributed by atoms with E-state index < -0.39 is 6.72 Å². The second-order valence-corrected chi connectivity index (χ2v) is 7.33. The van der Waals surface area contributed by atoms with Crippen molar-refractivity contribution in [2.24, 2.45) is 0 Å². The summed E-state index contributed by atoms with van der Waals surface area (Å²) in [5.74, 6) is 0. The first-order chi connectivity index (χ1) is 9.94. The fourth-order valence-corrected chi connectivity index (χ4v) is 2.85. The van der Waals surface area contributed by atoms with Gasteiger partial charge in [-0.05, 0) is 24.6 Å². The third-order valence-electron chi connectivity index (χ3n) is 3.22. The van der Waals surface area contributed by atoms with Crippen LogP contribution in [0.25, 0.3) is 11.0 Å². The van der Waals surface area contributed by atoms with Gasteiger partial charge in [0.2, 0.25) is 0 Å². The van der Waals surface area contributed by atoms with E-state index in [2.05, 4.69) is 27.0 Å². The molecule has 0 amide bonds. The normalized spacial score (nSPS) is 23.0. The average Bonchev–Trinajstić information content (AvgIpc) is 3.02. The summed E-state index contributed by atoms with van der Waals surface area (Å²) in [6.45, 7) is -3.64. The summed E-state index contributed by atoms with van der Waals surface area (Å²) < 4.78 is 12.3. The minimum Gasteiger partial charge on any atom is -0.352 e. The largest absolute Gasteiger partial charge is 0.352 e. The molecule has 0 spiro atoms. The highest BCUT2D eigenvalue weighted by atomic mass is 32.5. The average molecular weight is 332 g/mol. The highest BCUT2D eigenvalue weighted by Crippen LogP contribution is 2.38. The molecule has 9 nitrogen and oxygen atoms in total. The van der Waals surface area contributed by atoms with Crippen LogP contribution in [0.4, 0.5) is 0 Å². The predicted octanol–water partition coefficient (Wildman–Crippen LogP) is 0.0229. The summed E-state index contributed by atoms with van der Waals surface area (Å²) in [6.07, 6.45) is 3.81. The lowest BCUT2D eigenvalue weighted by Crippen LogP contribution is -2.16. The summed E-state index contributed by atoms with van der Waals surface area (Å²) in [6, 6.07) is 0. The lowest BCUT2D eigenvalue weighted by molar-refractivity contribution is -0.0176. The van der Waals surface area contributed by atoms with Gasteiger partial charge in [-0.1, -0.05) is 0 Å². The van der Waals surface area contributed by atoms with Crippen LogP contribution in [-0.4, -0.2) is 42.2 Å². The lowest BCUT2D eigenvalue weighted by Gasteiger charge is -2.16. The highest BCUT2D eigenvalue weighted by Gasteiger charge is 2.29. The van der Waals surface area contributed by atoms with Crippen molar-refractivity contribution < 1.29 is 19.0 Å². The van der Waals surface area contributed by atoms with E-state index >= 15 is 0 Å². The maximum Gasteiger partial charge on any atom is 0.321 e. The van der Waals surface area contributed by atoms with Crippen LogP contribution in [0.5, 0.6) is 0 Å². The summed E-state index contributed by atoms with van der Waals surface area (Å²) >= 11 is 4.39. The number of rotatable bonds is 4. The van der Waals surface area contributed by atoms with Crippen LogP contribution in [0.15, 0.2) is 17.3 Å². The number of fused-ring (bicyclic) bond motifs is 1. The first-order valence-corrected chi connectivity index (χ1v) is 8.82. The minimum absolute atomic E-state index is 0.0201. The molecule has 2 aromatic rings. The maximum absolute atomic E-state index is 11.6. The molecule has 21 heavy (non-hydrogen) atoms. The monoisotopic (exact) mass is 332 g/mol. The predicted molar refractivity (Wildman–Crippen MR) is 76.0 cm³/mol. The van der Waals surface area contributed by atoms with Crippen molar-refractivity contribution in [2.75, 3.05) is 6.61 Å². The number of nitrogens with zero attached hydrogens (tertiary/aromatic N) is 3. The number of ether oxygens (including phenoxy) is 1. The van der Waals surface area contributed by atoms with Crippen molar-refractivity contribution in [2.45, 2.75) is 25.2 Å². The molecule has 1 aliphatic heterocycles. The van der Waals surface area contributed by atoms with Crippen LogP contribution in [0, 0.1) is 0 Å². The second-order valence-electron chi connectivity index (χ2n) is 4.66. The Morgan fingerprint density at radius 1 is 1.57 bits per heavy atom. The zero-order chi connectivity index (χ0) is 15.0. The minimum atomic E-state index is -3.66. The van der Waals surface area contributed by atoms with Crippen molar-refractivity contribution in [3.05, 3.63) is 22.9 Å². The van der Waals surface area contributed by atoms with E-state index in [0.717, 1.165) is 0 Å². The molecule has 11 heteroatoms. The molecule has 0 aliphatic carbocycles. The van der Waals surface area contributed by atoms with Crippen LogP contribution in [-0.2, 0) is 21.1 Å². The molecule has 114 valence electrons. The summed E-state index contributed by atoms with van der Waals surface area (Å²) in [4.78, 5) is 33.7. The number of imidazole rings is 1. The highest BCUT2D eigenvalue weighted by molar-refractivity contribution is 8.06. The van der Waals surface area contributed by atoms with Gasteiger partial charge in [0.1, 0.15) is 6.23 Å². The third-order valence-corrected chi connectivity index (χ3v) is 4.03. The van der Waals surface area contributed by atoms with Gasteiger partial charge in [-0.25, -0.2) is 10.1 Å². The Morgan fingerprint density at radius 2 is 2.38 bits per heavy atom. The lowest BCUT2D eigenvalue weighted by atomic mass is 10.2. The second kappa shape index (κ2) is 5.56. The van der Waals surface area contributed by atoms with Crippen molar-refractivity contribution in [1.29, 1.82) is 0 Å². The van der Waals surface area contributed by atoms with E-state index in [1.165, 1.54) is 12.5 Å². The van der Waals surface area contributed by atoms with Gasteiger partial charge < -0.3 is 23.6 Å². The van der Waals surface area contributed by atoms with Crippen LogP contribution in [0.2, 0.25) is 0 Å². The van der Waals surface area contributed by atoms with Gasteiger partial charge in [0, 0.05) is 0 Å². The van der Waals surface area contributed by atoms with Crippen LogP contribution in [0.3, 0.4) is 0 Å². The molecule has 0 aromatic carbocycles. The van der Waals surface area contributed by atoms with Gasteiger partial charge in [0.25, 0.3) is 5.56 Å². The topological polar surface area (TPSA) is 122 Å². The number of nitrogens with one attached hydrogen (secondary N) is 1. The van der Waals surface area contributed by atoms with Gasteiger partial charge in [0.15, 0.2) is 5.52 Å². The first-order valence-electron chi connectivity index (χ1n) is 6.20. The SMILES string of the molecule is O=c1[nH]ncc2c1ncn2C1CCC(COP(O)(O)=S)O1. The first kappa shape index (κ1) is 14.8. The number of hydrogen-bond acceptors (Lipinski definition) is 6. The molecule has 0 saturated carbocycles. The molecule has 1 saturated heterocycles. The van der Waals surface area contributed by atoms with Gasteiger partial charge in [-0.3, -0.25) is 4.79 Å². The summed E-state index contributed by atoms with van der Waals surface area (Å²) in [7, 11) is 0. The molecule has 0 radical (unpaired) electrons. The van der Waals surface area contributed by atoms with Crippen molar-refractivity contribution in [3.8, 4) is 0 Å². The molecule has 3 N–H and O–H groups in total. The fraction of sp³-hybridized carbons (Fsp3) is 0.500. The Balaban J connectivity index is 1.75. The molecule has 3 heterocycles. The Hall–Kier alpha value is -1.16. The van der Waals surface area contributed by atoms with E-state index in [4.69, 9.17) is 19.0 Å². The number of H-pyrrole nitrogens is 1. The van der Waals surface area contributed by atoms with E-state index in [9.17, 15) is 4.79 Å². The molecular weight excluding hydrogens is 319 g/mol. The van der Waals surface area contributed by atoms with Gasteiger partial charge in [-0.2, -0.15) is 5.10 Å². The Kier molecular flexibility index (Phi) is 3.91. The van der Waals surface area contributed by atoms with E-state index in [1.54, 1.807) is 4.57 Å². The Morgan fingerprint density at radius 3 is 3.14 bits per heavy atom. The summed E-state index contributed by atoms with van der Waals surface area (Å²) in [5.41, 5.74) is 0.527. The molecular formula is C10H13N4O5PS. The summed E-state index contributed by atoms with van der Waals surface area (Å²) in [5, 5.41) is 6.07. The van der Waals surface area contributed by atoms with E-state index in [0.29, 0.717) is 23.9 Å². The van der Waals surface area contributed by atoms with Gasteiger partial charge in [0.05, 0.1) is 30.8 Å². The standard InChI is InChI=1S/C10H13N4O5PS/c15-10-9-7(3-12-13-10)14(5-11-9)8-2-1-6(19-8)4-18-20(16,17)21/h3,5-6,8H,1-2,4H2,(H,13,15)(H2,16,17,21). The fourth-order valence-electron chi connectivity index (χ4n) is 2.30. The number of hydrogen-bond donors (Lipinski definition) is 3. The van der Waals surface area contributed by atoms with E-state index in [1.807, 2.05) is 0 Å². The molecule has 1 fully saturated rings.